The van der Waals surface area contributed by atoms with Crippen LogP contribution in [-0.2, 0) is 6.42 Å². The average Bonchev–Trinajstić information content (AvgIpc) is 2.54. The van der Waals surface area contributed by atoms with Gasteiger partial charge in [0.15, 0.2) is 0 Å². The zero-order chi connectivity index (χ0) is 8.55. The van der Waals surface area contributed by atoms with Gasteiger partial charge in [0.2, 0.25) is 0 Å². The maximum absolute atomic E-state index is 8.72. The van der Waals surface area contributed by atoms with Crippen LogP contribution in [0.15, 0.2) is 6.20 Å². The van der Waals surface area contributed by atoms with Crippen molar-refractivity contribution in [1.29, 1.82) is 5.26 Å². The first kappa shape index (κ1) is 7.38. The number of rotatable bonds is 0. The summed E-state index contributed by atoms with van der Waals surface area (Å²) in [7, 11) is 0. The van der Waals surface area contributed by atoms with E-state index in [1.807, 2.05) is 0 Å². The Kier molecular flexibility index (Phi) is 1.63. The lowest BCUT2D eigenvalue weighted by Crippen LogP contribution is -1.93. The maximum Gasteiger partial charge on any atom is 0.134 e. The molecule has 4 heteroatoms. The third-order valence-corrected chi connectivity index (χ3v) is 2.25. The van der Waals surface area contributed by atoms with Crippen molar-refractivity contribution >= 4 is 17.3 Å². The topological polar surface area (TPSA) is 48.7 Å². The molecule has 0 spiro atoms. The van der Waals surface area contributed by atoms with E-state index in [4.69, 9.17) is 16.9 Å². The second kappa shape index (κ2) is 2.65. The van der Waals surface area contributed by atoms with Gasteiger partial charge in [0.25, 0.3) is 0 Å². The van der Waals surface area contributed by atoms with Gasteiger partial charge >= 0.3 is 0 Å². The minimum absolute atomic E-state index is 0.508. The first-order valence-electron chi connectivity index (χ1n) is 3.64. The van der Waals surface area contributed by atoms with E-state index in [0.717, 1.165) is 24.2 Å². The molecular weight excluding hydrogens is 174 g/mol. The van der Waals surface area contributed by atoms with Crippen molar-refractivity contribution in [2.45, 2.75) is 6.42 Å². The molecule has 0 atom stereocenters. The third-order valence-electron chi connectivity index (χ3n) is 1.92. The largest absolute Gasteiger partial charge is 0.383 e. The summed E-state index contributed by atoms with van der Waals surface area (Å²) in [5, 5.41) is 12.3. The molecule has 0 radical (unpaired) electrons. The Morgan fingerprint density at radius 1 is 1.67 bits per heavy atom. The Morgan fingerprint density at radius 3 is 3.25 bits per heavy atom. The van der Waals surface area contributed by atoms with Crippen LogP contribution < -0.4 is 5.32 Å². The molecule has 12 heavy (non-hydrogen) atoms. The normalized spacial score (nSPS) is 13.3. The number of nitrogens with zero attached hydrogens (tertiary/aromatic N) is 2. The van der Waals surface area contributed by atoms with Crippen LogP contribution in [0.25, 0.3) is 0 Å². The van der Waals surface area contributed by atoms with Gasteiger partial charge in [-0.05, 0) is 6.42 Å². The highest BCUT2D eigenvalue weighted by Crippen LogP contribution is 2.30. The summed E-state index contributed by atoms with van der Waals surface area (Å²) >= 11 is 5.84. The fraction of sp³-hybridized carbons (Fsp3) is 0.250. The smallest absolute Gasteiger partial charge is 0.134 e. The van der Waals surface area contributed by atoms with Gasteiger partial charge in [-0.1, -0.05) is 11.6 Å². The fourth-order valence-electron chi connectivity index (χ4n) is 1.36. The van der Waals surface area contributed by atoms with Gasteiger partial charge in [-0.3, -0.25) is 0 Å². The lowest BCUT2D eigenvalue weighted by molar-refractivity contribution is 1.09. The van der Waals surface area contributed by atoms with Crippen LogP contribution in [0.1, 0.15) is 11.1 Å². The molecule has 2 rings (SSSR count). The summed E-state index contributed by atoms with van der Waals surface area (Å²) in [4.78, 5) is 3.92. The second-order valence-corrected chi connectivity index (χ2v) is 2.96. The van der Waals surface area contributed by atoms with Gasteiger partial charge in [0.1, 0.15) is 11.2 Å². The van der Waals surface area contributed by atoms with Crippen LogP contribution in [0.3, 0.4) is 0 Å². The van der Waals surface area contributed by atoms with Gasteiger partial charge in [-0.25, -0.2) is 4.98 Å². The molecule has 1 aromatic heterocycles. The lowest BCUT2D eigenvalue weighted by Gasteiger charge is -2.01. The van der Waals surface area contributed by atoms with E-state index < -0.39 is 0 Å². The number of aromatic nitrogens is 1. The summed E-state index contributed by atoms with van der Waals surface area (Å²) < 4.78 is 0. The van der Waals surface area contributed by atoms with Crippen LogP contribution in [0.4, 0.5) is 5.69 Å². The summed E-state index contributed by atoms with van der Waals surface area (Å²) in [6, 6.07) is 2.07. The van der Waals surface area contributed by atoms with Crippen LogP contribution in [0.5, 0.6) is 0 Å². The molecule has 0 aliphatic carbocycles. The fourth-order valence-corrected chi connectivity index (χ4v) is 1.59. The van der Waals surface area contributed by atoms with E-state index in [1.54, 1.807) is 0 Å². The molecule has 0 saturated carbocycles. The quantitative estimate of drug-likeness (QED) is 0.615. The van der Waals surface area contributed by atoms with Crippen molar-refractivity contribution < 1.29 is 0 Å². The van der Waals surface area contributed by atoms with Gasteiger partial charge in [-0.2, -0.15) is 5.26 Å². The monoisotopic (exact) mass is 179 g/mol. The Labute approximate surface area is 75.0 Å². The highest BCUT2D eigenvalue weighted by atomic mass is 35.5. The SMILES string of the molecule is N#Cc1cnc(Cl)c2c1NCC2. The Bertz CT molecular complexity index is 367. The van der Waals surface area contributed by atoms with E-state index in [0.29, 0.717) is 10.7 Å². The van der Waals surface area contributed by atoms with Crippen LogP contribution in [-0.4, -0.2) is 11.5 Å². The molecule has 0 saturated heterocycles. The highest BCUT2D eigenvalue weighted by Gasteiger charge is 2.17. The van der Waals surface area contributed by atoms with Crippen LogP contribution in [0, 0.1) is 11.3 Å². The number of hydrogen-bond acceptors (Lipinski definition) is 3. The van der Waals surface area contributed by atoms with Gasteiger partial charge < -0.3 is 5.32 Å². The number of fused-ring (bicyclic) bond motifs is 1. The van der Waals surface area contributed by atoms with Crippen LogP contribution in [0.2, 0.25) is 5.15 Å². The molecule has 1 aromatic rings. The molecule has 0 fully saturated rings. The van der Waals surface area contributed by atoms with Gasteiger partial charge in [0.05, 0.1) is 11.3 Å². The lowest BCUT2D eigenvalue weighted by atomic mass is 10.1. The Morgan fingerprint density at radius 2 is 2.50 bits per heavy atom. The zero-order valence-corrected chi connectivity index (χ0v) is 7.02. The molecule has 1 N–H and O–H groups in total. The van der Waals surface area contributed by atoms with Crippen molar-refractivity contribution in [2.75, 3.05) is 11.9 Å². The third kappa shape index (κ3) is 0.926. The first-order chi connectivity index (χ1) is 5.83. The van der Waals surface area contributed by atoms with E-state index >= 15 is 0 Å². The number of nitrogens with one attached hydrogen (secondary N) is 1. The predicted octanol–water partition coefficient (Wildman–Crippen LogP) is 1.57. The van der Waals surface area contributed by atoms with Gasteiger partial charge in [0, 0.05) is 18.3 Å². The summed E-state index contributed by atoms with van der Waals surface area (Å²) in [6.07, 6.45) is 2.36. The van der Waals surface area contributed by atoms with E-state index in [-0.39, 0.29) is 0 Å². The summed E-state index contributed by atoms with van der Waals surface area (Å²) in [6.45, 7) is 0.843. The molecule has 1 aliphatic heterocycles. The summed E-state index contributed by atoms with van der Waals surface area (Å²) in [5.74, 6) is 0. The molecule has 0 aromatic carbocycles. The number of hydrogen-bond donors (Lipinski definition) is 1. The van der Waals surface area contributed by atoms with E-state index in [2.05, 4.69) is 16.4 Å². The molecule has 2 heterocycles. The van der Waals surface area contributed by atoms with Crippen LogP contribution >= 0.6 is 11.6 Å². The molecule has 0 bridgehead atoms. The Balaban J connectivity index is 2.66. The van der Waals surface area contributed by atoms with Crippen molar-refractivity contribution in [2.24, 2.45) is 0 Å². The molecule has 0 unspecified atom stereocenters. The van der Waals surface area contributed by atoms with E-state index in [9.17, 15) is 0 Å². The number of pyridine rings is 1. The molecule has 0 amide bonds. The Hall–Kier alpha value is -1.27. The van der Waals surface area contributed by atoms with E-state index in [1.165, 1.54) is 6.20 Å². The van der Waals surface area contributed by atoms with Crippen molar-refractivity contribution in [3.63, 3.8) is 0 Å². The molecule has 1 aliphatic rings. The van der Waals surface area contributed by atoms with Crippen molar-refractivity contribution in [3.05, 3.63) is 22.5 Å². The summed E-state index contributed by atoms with van der Waals surface area (Å²) in [5.41, 5.74) is 2.40. The number of anilines is 1. The minimum Gasteiger partial charge on any atom is -0.383 e. The zero-order valence-electron chi connectivity index (χ0n) is 6.26. The first-order valence-corrected chi connectivity index (χ1v) is 4.02. The number of nitriles is 1. The highest BCUT2D eigenvalue weighted by molar-refractivity contribution is 6.30. The second-order valence-electron chi connectivity index (χ2n) is 2.60. The molecular formula is C8H6ClN3. The van der Waals surface area contributed by atoms with Crippen molar-refractivity contribution in [1.82, 2.24) is 4.98 Å². The molecule has 60 valence electrons. The number of halogens is 1. The van der Waals surface area contributed by atoms with Gasteiger partial charge in [-0.15, -0.1) is 0 Å². The molecule has 3 nitrogen and oxygen atoms in total. The van der Waals surface area contributed by atoms with Crippen molar-refractivity contribution in [3.8, 4) is 6.07 Å². The minimum atomic E-state index is 0.508. The predicted molar refractivity (Wildman–Crippen MR) is 46.2 cm³/mol. The standard InChI is InChI=1S/C8H6ClN3/c9-8-6-1-2-11-7(6)5(3-10)4-12-8/h4,11H,1-2H2. The maximum atomic E-state index is 8.72. The average molecular weight is 180 g/mol.